The summed E-state index contributed by atoms with van der Waals surface area (Å²) in [5, 5.41) is 3.99. The van der Waals surface area contributed by atoms with Gasteiger partial charge in [-0.25, -0.2) is 8.42 Å². The van der Waals surface area contributed by atoms with Crippen LogP contribution < -0.4 is 5.32 Å². The van der Waals surface area contributed by atoms with Crippen molar-refractivity contribution in [2.24, 2.45) is 0 Å². The second-order valence-corrected chi connectivity index (χ2v) is 7.05. The lowest BCUT2D eigenvalue weighted by atomic mass is 10.1. The lowest BCUT2D eigenvalue weighted by molar-refractivity contribution is 0.602. The lowest BCUT2D eigenvalue weighted by Crippen LogP contribution is -2.05. The van der Waals surface area contributed by atoms with Crippen LogP contribution in [0.25, 0.3) is 0 Å². The summed E-state index contributed by atoms with van der Waals surface area (Å²) in [6.45, 7) is 0.778. The van der Waals surface area contributed by atoms with Crippen molar-refractivity contribution in [1.82, 2.24) is 0 Å². The van der Waals surface area contributed by atoms with E-state index in [4.69, 9.17) is 11.6 Å². The van der Waals surface area contributed by atoms with E-state index in [9.17, 15) is 8.42 Å². The van der Waals surface area contributed by atoms with Crippen LogP contribution in [0, 0.1) is 0 Å². The normalized spacial score (nSPS) is 11.3. The van der Waals surface area contributed by atoms with Gasteiger partial charge in [-0.05, 0) is 48.4 Å². The van der Waals surface area contributed by atoms with Crippen LogP contribution in [0.4, 0.5) is 5.69 Å². The third kappa shape index (κ3) is 4.25. The van der Waals surface area contributed by atoms with E-state index in [0.29, 0.717) is 4.90 Å². The second kappa shape index (κ2) is 6.29. The fourth-order valence-corrected chi connectivity index (χ4v) is 2.58. The lowest BCUT2D eigenvalue weighted by Gasteiger charge is -2.07. The van der Waals surface area contributed by atoms with Crippen molar-refractivity contribution >= 4 is 27.1 Å². The van der Waals surface area contributed by atoms with Crippen LogP contribution in [-0.2, 0) is 16.3 Å². The minimum Gasteiger partial charge on any atom is -0.385 e. The number of anilines is 1. The third-order valence-corrected chi connectivity index (χ3v) is 4.32. The first-order valence-electron chi connectivity index (χ1n) is 6.23. The average molecular weight is 310 g/mol. The first-order chi connectivity index (χ1) is 9.45. The Morgan fingerprint density at radius 2 is 1.60 bits per heavy atom. The van der Waals surface area contributed by atoms with Crippen molar-refractivity contribution in [1.29, 1.82) is 0 Å². The first kappa shape index (κ1) is 14.9. The minimum atomic E-state index is -3.13. The van der Waals surface area contributed by atoms with Crippen molar-refractivity contribution in [2.45, 2.75) is 11.3 Å². The summed E-state index contributed by atoms with van der Waals surface area (Å²) < 4.78 is 22.7. The van der Waals surface area contributed by atoms with Gasteiger partial charge in [-0.15, -0.1) is 0 Å². The maximum Gasteiger partial charge on any atom is 0.175 e. The van der Waals surface area contributed by atoms with Crippen LogP contribution in [0.15, 0.2) is 53.4 Å². The summed E-state index contributed by atoms with van der Waals surface area (Å²) in [5.41, 5.74) is 2.11. The zero-order valence-electron chi connectivity index (χ0n) is 11.1. The van der Waals surface area contributed by atoms with Gasteiger partial charge in [0.25, 0.3) is 0 Å². The van der Waals surface area contributed by atoms with Crippen molar-refractivity contribution in [3.63, 3.8) is 0 Å². The molecule has 0 bridgehead atoms. The Kier molecular flexibility index (Phi) is 4.68. The molecule has 0 aliphatic rings. The van der Waals surface area contributed by atoms with Crippen molar-refractivity contribution in [3.8, 4) is 0 Å². The van der Waals surface area contributed by atoms with E-state index in [1.54, 1.807) is 24.3 Å². The number of hydrogen-bond acceptors (Lipinski definition) is 3. The number of nitrogens with one attached hydrogen (secondary N) is 1. The van der Waals surface area contributed by atoms with E-state index in [0.717, 1.165) is 23.7 Å². The Balaban J connectivity index is 1.90. The molecule has 5 heteroatoms. The summed E-state index contributed by atoms with van der Waals surface area (Å²) in [6, 6.07) is 14.5. The molecule has 0 amide bonds. The van der Waals surface area contributed by atoms with Crippen LogP contribution in [-0.4, -0.2) is 21.2 Å². The fraction of sp³-hybridized carbons (Fsp3) is 0.200. The number of rotatable bonds is 5. The van der Waals surface area contributed by atoms with Crippen LogP contribution in [0.2, 0.25) is 5.02 Å². The van der Waals surface area contributed by atoms with Gasteiger partial charge in [0, 0.05) is 23.5 Å². The fourth-order valence-electron chi connectivity index (χ4n) is 1.82. The Morgan fingerprint density at radius 3 is 2.15 bits per heavy atom. The van der Waals surface area contributed by atoms with Gasteiger partial charge in [-0.3, -0.25) is 0 Å². The highest BCUT2D eigenvalue weighted by Gasteiger charge is 2.05. The van der Waals surface area contributed by atoms with Crippen molar-refractivity contribution < 1.29 is 8.42 Å². The van der Waals surface area contributed by atoms with Gasteiger partial charge in [0.2, 0.25) is 0 Å². The summed E-state index contributed by atoms with van der Waals surface area (Å²) in [5.74, 6) is 0. The van der Waals surface area contributed by atoms with Crippen molar-refractivity contribution in [2.75, 3.05) is 18.1 Å². The Labute approximate surface area is 124 Å². The van der Waals surface area contributed by atoms with E-state index >= 15 is 0 Å². The van der Waals surface area contributed by atoms with E-state index in [1.165, 1.54) is 11.8 Å². The highest BCUT2D eigenvalue weighted by molar-refractivity contribution is 7.90. The molecular formula is C15H16ClNO2S. The molecule has 0 aromatic heterocycles. The van der Waals surface area contributed by atoms with Gasteiger partial charge in [0.15, 0.2) is 9.84 Å². The first-order valence-corrected chi connectivity index (χ1v) is 8.50. The average Bonchev–Trinajstić information content (AvgIpc) is 2.41. The molecule has 0 aliphatic carbocycles. The highest BCUT2D eigenvalue weighted by Crippen LogP contribution is 2.14. The molecule has 2 rings (SSSR count). The number of halogens is 1. The van der Waals surface area contributed by atoms with E-state index in [1.807, 2.05) is 24.3 Å². The van der Waals surface area contributed by atoms with E-state index < -0.39 is 9.84 Å². The predicted molar refractivity (Wildman–Crippen MR) is 83.2 cm³/mol. The molecule has 0 unspecified atom stereocenters. The predicted octanol–water partition coefficient (Wildman–Crippen LogP) is 3.40. The summed E-state index contributed by atoms with van der Waals surface area (Å²) >= 11 is 5.83. The molecule has 20 heavy (non-hydrogen) atoms. The smallest absolute Gasteiger partial charge is 0.175 e. The third-order valence-electron chi connectivity index (χ3n) is 2.94. The monoisotopic (exact) mass is 309 g/mol. The SMILES string of the molecule is CS(=O)(=O)c1ccc(NCCc2ccc(Cl)cc2)cc1. The van der Waals surface area contributed by atoms with Gasteiger partial charge in [0.05, 0.1) is 4.90 Å². The van der Waals surface area contributed by atoms with Gasteiger partial charge < -0.3 is 5.32 Å². The molecule has 0 atom stereocenters. The molecule has 0 radical (unpaired) electrons. The Bertz CT molecular complexity index is 664. The zero-order valence-corrected chi connectivity index (χ0v) is 12.7. The molecule has 2 aromatic carbocycles. The van der Waals surface area contributed by atoms with Gasteiger partial charge >= 0.3 is 0 Å². The summed E-state index contributed by atoms with van der Waals surface area (Å²) in [6.07, 6.45) is 2.08. The maximum atomic E-state index is 11.3. The van der Waals surface area contributed by atoms with Crippen LogP contribution in [0.5, 0.6) is 0 Å². The molecule has 2 aromatic rings. The molecule has 0 saturated carbocycles. The number of sulfone groups is 1. The molecule has 0 fully saturated rings. The quantitative estimate of drug-likeness (QED) is 0.921. The molecule has 1 N–H and O–H groups in total. The van der Waals surface area contributed by atoms with Gasteiger partial charge in [-0.1, -0.05) is 23.7 Å². The summed E-state index contributed by atoms with van der Waals surface area (Å²) in [7, 11) is -3.13. The van der Waals surface area contributed by atoms with Gasteiger partial charge in [0.1, 0.15) is 0 Å². The largest absolute Gasteiger partial charge is 0.385 e. The Morgan fingerprint density at radius 1 is 1.00 bits per heavy atom. The standard InChI is InChI=1S/C15H16ClNO2S/c1-20(18,19)15-8-6-14(7-9-15)17-11-10-12-2-4-13(16)5-3-12/h2-9,17H,10-11H2,1H3. The van der Waals surface area contributed by atoms with Crippen LogP contribution in [0.1, 0.15) is 5.56 Å². The minimum absolute atomic E-state index is 0.334. The van der Waals surface area contributed by atoms with Crippen LogP contribution >= 0.6 is 11.6 Å². The zero-order chi connectivity index (χ0) is 14.6. The van der Waals surface area contributed by atoms with Crippen LogP contribution in [0.3, 0.4) is 0 Å². The van der Waals surface area contributed by atoms with Crippen molar-refractivity contribution in [3.05, 3.63) is 59.1 Å². The maximum absolute atomic E-state index is 11.3. The Hall–Kier alpha value is -1.52. The van der Waals surface area contributed by atoms with Gasteiger partial charge in [-0.2, -0.15) is 0 Å². The molecule has 106 valence electrons. The second-order valence-electron chi connectivity index (χ2n) is 4.60. The molecule has 0 spiro atoms. The highest BCUT2D eigenvalue weighted by atomic mass is 35.5. The van der Waals surface area contributed by atoms with E-state index in [-0.39, 0.29) is 0 Å². The number of benzene rings is 2. The molecule has 0 aliphatic heterocycles. The molecular weight excluding hydrogens is 294 g/mol. The summed E-state index contributed by atoms with van der Waals surface area (Å²) in [4.78, 5) is 0.334. The number of hydrogen-bond donors (Lipinski definition) is 1. The van der Waals surface area contributed by atoms with E-state index in [2.05, 4.69) is 5.32 Å². The molecule has 3 nitrogen and oxygen atoms in total. The molecule has 0 heterocycles. The topological polar surface area (TPSA) is 46.2 Å². The molecule has 0 saturated heterocycles.